The number of hydrazine groups is 1. The minimum Gasteiger partial charge on any atom is -0.384 e. The molecule has 15 heavy (non-hydrogen) atoms. The van der Waals surface area contributed by atoms with Crippen LogP contribution < -0.4 is 17.0 Å². The lowest BCUT2D eigenvalue weighted by Gasteiger charge is -2.18. The molecule has 2 atom stereocenters. The highest BCUT2D eigenvalue weighted by atomic mass is 15.3. The molecule has 0 aromatic carbocycles. The van der Waals surface area contributed by atoms with Crippen molar-refractivity contribution in [2.45, 2.75) is 32.7 Å². The summed E-state index contributed by atoms with van der Waals surface area (Å²) in [4.78, 5) is 0. The topological polar surface area (TPSA) is 81.9 Å². The first kappa shape index (κ1) is 12.0. The van der Waals surface area contributed by atoms with Gasteiger partial charge in [-0.05, 0) is 12.3 Å². The molecular weight excluding hydrogens is 190 g/mol. The van der Waals surface area contributed by atoms with Crippen molar-refractivity contribution in [2.24, 2.45) is 18.8 Å². The van der Waals surface area contributed by atoms with Crippen LogP contribution in [0.4, 0.5) is 5.82 Å². The molecule has 0 saturated carbocycles. The zero-order chi connectivity index (χ0) is 11.4. The molecule has 0 aliphatic carbocycles. The van der Waals surface area contributed by atoms with Crippen LogP contribution in [0.15, 0.2) is 6.20 Å². The van der Waals surface area contributed by atoms with E-state index < -0.39 is 0 Å². The number of nitrogens with zero attached hydrogens (tertiary/aromatic N) is 2. The summed E-state index contributed by atoms with van der Waals surface area (Å²) in [5.41, 5.74) is 9.69. The molecule has 1 aromatic heterocycles. The molecular formula is C10H21N5. The SMILES string of the molecule is CCC(C)CC(NN)c1cnn(C)c1N. The number of hydrogen-bond donors (Lipinski definition) is 3. The third-order valence-corrected chi connectivity index (χ3v) is 2.93. The summed E-state index contributed by atoms with van der Waals surface area (Å²) in [6, 6.07) is 0.0913. The number of nitrogen functional groups attached to an aromatic ring is 1. The summed E-state index contributed by atoms with van der Waals surface area (Å²) in [7, 11) is 1.83. The Bertz CT molecular complexity index is 307. The van der Waals surface area contributed by atoms with Crippen LogP contribution in [-0.4, -0.2) is 9.78 Å². The number of aromatic nitrogens is 2. The second-order valence-electron chi connectivity index (χ2n) is 4.08. The van der Waals surface area contributed by atoms with Crippen molar-refractivity contribution in [3.8, 4) is 0 Å². The molecule has 0 bridgehead atoms. The quantitative estimate of drug-likeness (QED) is 0.500. The molecule has 2 unspecified atom stereocenters. The summed E-state index contributed by atoms with van der Waals surface area (Å²) in [5.74, 6) is 6.84. The highest BCUT2D eigenvalue weighted by Gasteiger charge is 2.17. The van der Waals surface area contributed by atoms with Gasteiger partial charge in [-0.2, -0.15) is 5.10 Å². The Labute approximate surface area is 90.8 Å². The van der Waals surface area contributed by atoms with Crippen LogP contribution >= 0.6 is 0 Å². The molecule has 1 rings (SSSR count). The first-order chi connectivity index (χ1) is 7.10. The Morgan fingerprint density at radius 3 is 2.67 bits per heavy atom. The van der Waals surface area contributed by atoms with Gasteiger partial charge in [-0.3, -0.25) is 16.0 Å². The minimum absolute atomic E-state index is 0.0913. The number of anilines is 1. The fourth-order valence-electron chi connectivity index (χ4n) is 1.59. The molecule has 1 heterocycles. The lowest BCUT2D eigenvalue weighted by Crippen LogP contribution is -2.29. The van der Waals surface area contributed by atoms with Gasteiger partial charge >= 0.3 is 0 Å². The van der Waals surface area contributed by atoms with Crippen molar-refractivity contribution >= 4 is 5.82 Å². The molecule has 5 nitrogen and oxygen atoms in total. The maximum Gasteiger partial charge on any atom is 0.126 e. The van der Waals surface area contributed by atoms with Crippen molar-refractivity contribution < 1.29 is 0 Å². The Hall–Kier alpha value is -1.07. The van der Waals surface area contributed by atoms with Gasteiger partial charge in [-0.15, -0.1) is 0 Å². The van der Waals surface area contributed by atoms with Crippen molar-refractivity contribution in [1.29, 1.82) is 0 Å². The van der Waals surface area contributed by atoms with Gasteiger partial charge in [-0.1, -0.05) is 20.3 Å². The maximum atomic E-state index is 5.90. The summed E-state index contributed by atoms with van der Waals surface area (Å²) in [6.07, 6.45) is 3.89. The minimum atomic E-state index is 0.0913. The lowest BCUT2D eigenvalue weighted by molar-refractivity contribution is 0.408. The van der Waals surface area contributed by atoms with Crippen molar-refractivity contribution in [3.05, 3.63) is 11.8 Å². The molecule has 0 spiro atoms. The standard InChI is InChI=1S/C10H21N5/c1-4-7(2)5-9(14-12)8-6-13-15(3)10(8)11/h6-7,9,14H,4-5,11-12H2,1-3H3. The van der Waals surface area contributed by atoms with Crippen LogP contribution in [0.1, 0.15) is 38.3 Å². The summed E-state index contributed by atoms with van der Waals surface area (Å²) < 4.78 is 1.66. The molecule has 1 aromatic rings. The van der Waals surface area contributed by atoms with Crippen LogP contribution in [0.5, 0.6) is 0 Å². The van der Waals surface area contributed by atoms with Crippen LogP contribution in [0, 0.1) is 5.92 Å². The van der Waals surface area contributed by atoms with Gasteiger partial charge in [0.1, 0.15) is 5.82 Å². The van der Waals surface area contributed by atoms with E-state index in [1.807, 2.05) is 7.05 Å². The third kappa shape index (κ3) is 2.70. The molecule has 0 fully saturated rings. The number of rotatable bonds is 5. The summed E-state index contributed by atoms with van der Waals surface area (Å²) in [5, 5.41) is 4.11. The average molecular weight is 211 g/mol. The Morgan fingerprint density at radius 2 is 2.27 bits per heavy atom. The van der Waals surface area contributed by atoms with Gasteiger partial charge in [0, 0.05) is 12.6 Å². The highest BCUT2D eigenvalue weighted by molar-refractivity contribution is 5.40. The van der Waals surface area contributed by atoms with Crippen LogP contribution in [-0.2, 0) is 7.05 Å². The summed E-state index contributed by atoms with van der Waals surface area (Å²) >= 11 is 0. The predicted octanol–water partition coefficient (Wildman–Crippen LogP) is 0.943. The maximum absolute atomic E-state index is 5.90. The average Bonchev–Trinajstić information content (AvgIpc) is 2.56. The molecule has 0 saturated heterocycles. The lowest BCUT2D eigenvalue weighted by atomic mass is 9.96. The molecule has 86 valence electrons. The van der Waals surface area contributed by atoms with E-state index in [-0.39, 0.29) is 6.04 Å². The van der Waals surface area contributed by atoms with Gasteiger partial charge < -0.3 is 5.73 Å². The van der Waals surface area contributed by atoms with E-state index in [0.717, 1.165) is 18.4 Å². The van der Waals surface area contributed by atoms with Gasteiger partial charge in [0.2, 0.25) is 0 Å². The van der Waals surface area contributed by atoms with E-state index in [4.69, 9.17) is 11.6 Å². The Morgan fingerprint density at radius 1 is 1.60 bits per heavy atom. The smallest absolute Gasteiger partial charge is 0.126 e. The normalized spacial score (nSPS) is 15.2. The zero-order valence-electron chi connectivity index (χ0n) is 9.70. The largest absolute Gasteiger partial charge is 0.384 e. The number of aryl methyl sites for hydroxylation is 1. The second kappa shape index (κ2) is 5.14. The fraction of sp³-hybridized carbons (Fsp3) is 0.700. The second-order valence-corrected chi connectivity index (χ2v) is 4.08. The van der Waals surface area contributed by atoms with Gasteiger partial charge in [0.25, 0.3) is 0 Å². The number of hydrogen-bond acceptors (Lipinski definition) is 4. The first-order valence-electron chi connectivity index (χ1n) is 5.33. The number of nitrogens with two attached hydrogens (primary N) is 2. The van der Waals surface area contributed by atoms with Crippen LogP contribution in [0.3, 0.4) is 0 Å². The summed E-state index contributed by atoms with van der Waals surface area (Å²) in [6.45, 7) is 4.38. The van der Waals surface area contributed by atoms with E-state index in [2.05, 4.69) is 24.4 Å². The molecule has 5 N–H and O–H groups in total. The van der Waals surface area contributed by atoms with Gasteiger partial charge in [0.15, 0.2) is 0 Å². The molecule has 0 aliphatic rings. The highest BCUT2D eigenvalue weighted by Crippen LogP contribution is 2.25. The van der Waals surface area contributed by atoms with Crippen molar-refractivity contribution in [3.63, 3.8) is 0 Å². The van der Waals surface area contributed by atoms with E-state index in [9.17, 15) is 0 Å². The zero-order valence-corrected chi connectivity index (χ0v) is 9.70. The van der Waals surface area contributed by atoms with Crippen molar-refractivity contribution in [1.82, 2.24) is 15.2 Å². The number of nitrogens with one attached hydrogen (secondary N) is 1. The van der Waals surface area contributed by atoms with E-state index in [1.54, 1.807) is 10.9 Å². The molecule has 0 radical (unpaired) electrons. The van der Waals surface area contributed by atoms with Gasteiger partial charge in [0.05, 0.1) is 12.2 Å². The van der Waals surface area contributed by atoms with E-state index in [0.29, 0.717) is 11.7 Å². The molecule has 5 heteroatoms. The van der Waals surface area contributed by atoms with E-state index in [1.165, 1.54) is 0 Å². The van der Waals surface area contributed by atoms with Crippen LogP contribution in [0.25, 0.3) is 0 Å². The monoisotopic (exact) mass is 211 g/mol. The third-order valence-electron chi connectivity index (χ3n) is 2.93. The van der Waals surface area contributed by atoms with E-state index >= 15 is 0 Å². The molecule has 0 aliphatic heterocycles. The van der Waals surface area contributed by atoms with Crippen LogP contribution in [0.2, 0.25) is 0 Å². The van der Waals surface area contributed by atoms with Gasteiger partial charge in [-0.25, -0.2) is 0 Å². The predicted molar refractivity (Wildman–Crippen MR) is 61.8 cm³/mol. The van der Waals surface area contributed by atoms with Crippen molar-refractivity contribution in [2.75, 3.05) is 5.73 Å². The Kier molecular flexibility index (Phi) is 4.11. The Balaban J connectivity index is 2.78. The first-order valence-corrected chi connectivity index (χ1v) is 5.33. The molecule has 0 amide bonds. The fourth-order valence-corrected chi connectivity index (χ4v) is 1.59.